The summed E-state index contributed by atoms with van der Waals surface area (Å²) < 4.78 is 58.4. The van der Waals surface area contributed by atoms with Crippen molar-refractivity contribution in [3.05, 3.63) is 47.5 Å². The minimum atomic E-state index is -0.899. The lowest BCUT2D eigenvalue weighted by Gasteiger charge is -2.37. The third-order valence-corrected chi connectivity index (χ3v) is 9.70. The molecule has 0 bridgehead atoms. The van der Waals surface area contributed by atoms with Crippen LogP contribution >= 0.6 is 0 Å². The molecule has 2 aromatic carbocycles. The number of anilines is 1. The summed E-state index contributed by atoms with van der Waals surface area (Å²) in [6.07, 6.45) is 10.1. The average Bonchev–Trinajstić information content (AvgIpc) is 3.44. The Morgan fingerprint density at radius 2 is 1.95 bits per heavy atom. The minimum absolute atomic E-state index is 0.0115. The predicted molar refractivity (Wildman–Crippen MR) is 157 cm³/mol. The van der Waals surface area contributed by atoms with E-state index in [-0.39, 0.29) is 41.3 Å². The van der Waals surface area contributed by atoms with Crippen molar-refractivity contribution in [1.29, 1.82) is 0 Å². The van der Waals surface area contributed by atoms with Gasteiger partial charge in [-0.15, -0.1) is 6.42 Å². The normalized spacial score (nSPS) is 23.6. The van der Waals surface area contributed by atoms with Crippen LogP contribution in [0.4, 0.5) is 19.0 Å². The Bertz CT molecular complexity index is 1820. The number of nitrogens with zero attached hydrogens (tertiary/aromatic N) is 5. The standard InChI is InChI=1S/C33H30F3N5O2/c1-2-22-24(35)11-10-19-6-3-9-23(25(19)22)28-27(36)29-26-30(41(21-7-4-8-21)14-15-42-31(26)37-28)39-32(38-29)43-18-33-12-5-13-40(33)17-20(34)16-33/h1,3,6,9-11,20-21H,4-5,7-8,12-18H2/t20-,33+/m1/s1. The van der Waals surface area contributed by atoms with E-state index in [0.717, 1.165) is 38.6 Å². The Morgan fingerprint density at radius 1 is 1.07 bits per heavy atom. The maximum Gasteiger partial charge on any atom is 0.319 e. The van der Waals surface area contributed by atoms with Gasteiger partial charge in [0.15, 0.2) is 5.82 Å². The molecule has 8 rings (SSSR count). The van der Waals surface area contributed by atoms with Crippen LogP contribution in [0.2, 0.25) is 0 Å². The molecule has 4 aromatic rings. The highest BCUT2D eigenvalue weighted by Gasteiger charge is 2.49. The Labute approximate surface area is 247 Å². The topological polar surface area (TPSA) is 63.6 Å². The zero-order valence-electron chi connectivity index (χ0n) is 23.6. The lowest BCUT2D eigenvalue weighted by Crippen LogP contribution is -2.44. The number of hydrogen-bond acceptors (Lipinski definition) is 7. The van der Waals surface area contributed by atoms with Crippen molar-refractivity contribution < 1.29 is 22.6 Å². The van der Waals surface area contributed by atoms with E-state index in [0.29, 0.717) is 53.7 Å². The number of ether oxygens (including phenoxy) is 2. The summed E-state index contributed by atoms with van der Waals surface area (Å²) in [5, 5.41) is 1.43. The van der Waals surface area contributed by atoms with Crippen molar-refractivity contribution in [2.45, 2.75) is 56.3 Å². The van der Waals surface area contributed by atoms with E-state index in [2.05, 4.69) is 25.7 Å². The molecule has 2 aromatic heterocycles. The number of benzene rings is 2. The van der Waals surface area contributed by atoms with Gasteiger partial charge in [-0.25, -0.2) is 18.2 Å². The van der Waals surface area contributed by atoms with E-state index in [1.54, 1.807) is 24.3 Å². The predicted octanol–water partition coefficient (Wildman–Crippen LogP) is 5.81. The van der Waals surface area contributed by atoms with Gasteiger partial charge in [-0.1, -0.05) is 30.2 Å². The van der Waals surface area contributed by atoms with Gasteiger partial charge in [0.05, 0.1) is 17.6 Å². The fraction of sp³-hybridized carbons (Fsp3) is 0.424. The minimum Gasteiger partial charge on any atom is -0.475 e. The number of rotatable bonds is 5. The van der Waals surface area contributed by atoms with Crippen LogP contribution in [0.25, 0.3) is 32.9 Å². The first-order valence-electron chi connectivity index (χ1n) is 15.0. The second-order valence-electron chi connectivity index (χ2n) is 12.1. The third kappa shape index (κ3) is 4.12. The number of pyridine rings is 1. The fourth-order valence-corrected chi connectivity index (χ4v) is 7.40. The summed E-state index contributed by atoms with van der Waals surface area (Å²) in [5.41, 5.74) is -0.0637. The number of halogens is 3. The molecule has 1 aliphatic carbocycles. The second-order valence-corrected chi connectivity index (χ2v) is 12.1. The van der Waals surface area contributed by atoms with Gasteiger partial charge in [0.1, 0.15) is 47.6 Å². The maximum absolute atomic E-state index is 16.8. The second kappa shape index (κ2) is 9.98. The van der Waals surface area contributed by atoms with Gasteiger partial charge >= 0.3 is 6.01 Å². The van der Waals surface area contributed by atoms with Crippen LogP contribution in [0.5, 0.6) is 11.9 Å². The average molecular weight is 586 g/mol. The number of alkyl halides is 1. The molecule has 7 nitrogen and oxygen atoms in total. The molecule has 2 saturated heterocycles. The lowest BCUT2D eigenvalue weighted by molar-refractivity contribution is 0.107. The Kier molecular flexibility index (Phi) is 6.16. The maximum atomic E-state index is 16.8. The summed E-state index contributed by atoms with van der Waals surface area (Å²) in [6.45, 7) is 2.33. The molecular formula is C33H30F3N5O2. The zero-order valence-corrected chi connectivity index (χ0v) is 23.6. The molecule has 0 unspecified atom stereocenters. The highest BCUT2D eigenvalue weighted by molar-refractivity contribution is 6.03. The quantitative estimate of drug-likeness (QED) is 0.274. The number of terminal acetylenes is 1. The van der Waals surface area contributed by atoms with Crippen molar-refractivity contribution in [3.8, 4) is 35.5 Å². The highest BCUT2D eigenvalue weighted by Crippen LogP contribution is 2.44. The summed E-state index contributed by atoms with van der Waals surface area (Å²) in [6, 6.07) is 8.42. The molecule has 2 atom stereocenters. The first-order valence-corrected chi connectivity index (χ1v) is 15.0. The number of fused-ring (bicyclic) bond motifs is 2. The van der Waals surface area contributed by atoms with Crippen LogP contribution in [0.15, 0.2) is 30.3 Å². The van der Waals surface area contributed by atoms with Gasteiger partial charge in [0.25, 0.3) is 0 Å². The smallest absolute Gasteiger partial charge is 0.319 e. The summed E-state index contributed by atoms with van der Waals surface area (Å²) >= 11 is 0. The Hall–Kier alpha value is -4.10. The van der Waals surface area contributed by atoms with Crippen molar-refractivity contribution in [2.75, 3.05) is 37.7 Å². The molecule has 0 radical (unpaired) electrons. The van der Waals surface area contributed by atoms with E-state index >= 15 is 4.39 Å². The molecule has 0 spiro atoms. The van der Waals surface area contributed by atoms with E-state index in [1.165, 1.54) is 6.07 Å². The van der Waals surface area contributed by atoms with E-state index in [9.17, 15) is 8.78 Å². The van der Waals surface area contributed by atoms with Crippen molar-refractivity contribution in [1.82, 2.24) is 19.9 Å². The molecular weight excluding hydrogens is 555 g/mol. The van der Waals surface area contributed by atoms with E-state index in [4.69, 9.17) is 20.9 Å². The SMILES string of the molecule is C#Cc1c(F)ccc2cccc(-c3nc4c5c(nc(OC[C@@]67CCCN6C[C@H](F)C7)nc5c3F)N(C3CCC3)CCO4)c12. The molecule has 220 valence electrons. The van der Waals surface area contributed by atoms with Gasteiger partial charge in [0.2, 0.25) is 5.88 Å². The zero-order chi connectivity index (χ0) is 29.3. The van der Waals surface area contributed by atoms with Gasteiger partial charge in [-0.2, -0.15) is 9.97 Å². The van der Waals surface area contributed by atoms with E-state index < -0.39 is 23.3 Å². The third-order valence-electron chi connectivity index (χ3n) is 9.70. The first-order chi connectivity index (χ1) is 21.0. The lowest BCUT2D eigenvalue weighted by atomic mass is 9.91. The summed E-state index contributed by atoms with van der Waals surface area (Å²) in [7, 11) is 0. The van der Waals surface area contributed by atoms with Crippen LogP contribution in [0.3, 0.4) is 0 Å². The van der Waals surface area contributed by atoms with Crippen LogP contribution in [0.1, 0.15) is 44.1 Å². The molecule has 3 aliphatic heterocycles. The van der Waals surface area contributed by atoms with Crippen LogP contribution in [-0.4, -0.2) is 70.5 Å². The largest absolute Gasteiger partial charge is 0.475 e. The molecule has 0 amide bonds. The Balaban J connectivity index is 1.31. The highest BCUT2D eigenvalue weighted by atomic mass is 19.1. The molecule has 43 heavy (non-hydrogen) atoms. The molecule has 0 N–H and O–H groups in total. The van der Waals surface area contributed by atoms with E-state index in [1.807, 2.05) is 0 Å². The summed E-state index contributed by atoms with van der Waals surface area (Å²) in [5.74, 6) is 1.90. The molecule has 1 saturated carbocycles. The number of hydrogen-bond donors (Lipinski definition) is 0. The van der Waals surface area contributed by atoms with Crippen molar-refractivity contribution >= 4 is 27.5 Å². The van der Waals surface area contributed by atoms with Gasteiger partial charge in [-0.05, 0) is 50.1 Å². The van der Waals surface area contributed by atoms with Crippen LogP contribution in [0, 0.1) is 24.0 Å². The van der Waals surface area contributed by atoms with Gasteiger partial charge < -0.3 is 14.4 Å². The van der Waals surface area contributed by atoms with Crippen molar-refractivity contribution in [2.24, 2.45) is 0 Å². The number of aromatic nitrogens is 3. The Morgan fingerprint density at radius 3 is 2.77 bits per heavy atom. The van der Waals surface area contributed by atoms with Gasteiger partial charge in [-0.3, -0.25) is 4.90 Å². The molecule has 3 fully saturated rings. The van der Waals surface area contributed by atoms with Crippen LogP contribution in [-0.2, 0) is 0 Å². The van der Waals surface area contributed by atoms with Crippen molar-refractivity contribution in [3.63, 3.8) is 0 Å². The van der Waals surface area contributed by atoms with Crippen LogP contribution < -0.4 is 14.4 Å². The fourth-order valence-electron chi connectivity index (χ4n) is 7.40. The monoisotopic (exact) mass is 585 g/mol. The molecule has 5 heterocycles. The van der Waals surface area contributed by atoms with Gasteiger partial charge in [0, 0.05) is 30.0 Å². The first kappa shape index (κ1) is 26.5. The molecule has 4 aliphatic rings. The summed E-state index contributed by atoms with van der Waals surface area (Å²) in [4.78, 5) is 18.4. The molecule has 10 heteroatoms.